The van der Waals surface area contributed by atoms with Crippen molar-refractivity contribution in [3.63, 3.8) is 0 Å². The second-order valence-corrected chi connectivity index (χ2v) is 3.62. The SMILES string of the molecule is C=CCN1C(O)[C@H](O)[C@@H](O)[C@H](O)[C@H]1CO. The van der Waals surface area contributed by atoms with Gasteiger partial charge in [0.1, 0.15) is 24.5 Å². The van der Waals surface area contributed by atoms with Crippen molar-refractivity contribution >= 4 is 0 Å². The molecule has 5 atom stereocenters. The van der Waals surface area contributed by atoms with Crippen molar-refractivity contribution < 1.29 is 25.5 Å². The summed E-state index contributed by atoms with van der Waals surface area (Å²) in [5, 5.41) is 47.0. The summed E-state index contributed by atoms with van der Waals surface area (Å²) in [5.74, 6) is 0. The van der Waals surface area contributed by atoms with Gasteiger partial charge in [-0.2, -0.15) is 0 Å². The lowest BCUT2D eigenvalue weighted by molar-refractivity contribution is -0.219. The number of aliphatic hydroxyl groups excluding tert-OH is 5. The first-order chi connectivity index (χ1) is 7.04. The zero-order valence-electron chi connectivity index (χ0n) is 8.27. The average molecular weight is 219 g/mol. The molecule has 0 saturated carbocycles. The van der Waals surface area contributed by atoms with E-state index in [9.17, 15) is 20.4 Å². The van der Waals surface area contributed by atoms with Crippen molar-refractivity contribution in [3.8, 4) is 0 Å². The van der Waals surface area contributed by atoms with Crippen molar-refractivity contribution in [1.29, 1.82) is 0 Å². The maximum absolute atomic E-state index is 9.60. The first-order valence-electron chi connectivity index (χ1n) is 4.74. The van der Waals surface area contributed by atoms with Crippen LogP contribution in [0.25, 0.3) is 0 Å². The van der Waals surface area contributed by atoms with Crippen molar-refractivity contribution in [2.75, 3.05) is 13.2 Å². The van der Waals surface area contributed by atoms with E-state index in [1.165, 1.54) is 11.0 Å². The third-order valence-electron chi connectivity index (χ3n) is 2.69. The highest BCUT2D eigenvalue weighted by Crippen LogP contribution is 2.22. The third kappa shape index (κ3) is 2.20. The predicted molar refractivity (Wildman–Crippen MR) is 51.8 cm³/mol. The smallest absolute Gasteiger partial charge is 0.136 e. The van der Waals surface area contributed by atoms with Gasteiger partial charge in [-0.1, -0.05) is 6.08 Å². The Morgan fingerprint density at radius 3 is 2.13 bits per heavy atom. The number of hydrogen-bond donors (Lipinski definition) is 5. The zero-order chi connectivity index (χ0) is 11.6. The van der Waals surface area contributed by atoms with Gasteiger partial charge in [-0.25, -0.2) is 0 Å². The zero-order valence-corrected chi connectivity index (χ0v) is 8.27. The number of piperidine rings is 1. The Morgan fingerprint density at radius 2 is 1.67 bits per heavy atom. The molecule has 1 aliphatic rings. The molecule has 0 bridgehead atoms. The lowest BCUT2D eigenvalue weighted by Gasteiger charge is -2.45. The third-order valence-corrected chi connectivity index (χ3v) is 2.69. The Bertz CT molecular complexity index is 225. The van der Waals surface area contributed by atoms with E-state index in [0.717, 1.165) is 0 Å². The van der Waals surface area contributed by atoms with Crippen LogP contribution in [0.4, 0.5) is 0 Å². The van der Waals surface area contributed by atoms with Gasteiger partial charge in [-0.3, -0.25) is 4.90 Å². The summed E-state index contributed by atoms with van der Waals surface area (Å²) in [6.45, 7) is 3.25. The minimum atomic E-state index is -1.46. The molecule has 15 heavy (non-hydrogen) atoms. The van der Waals surface area contributed by atoms with E-state index in [1.54, 1.807) is 0 Å². The Balaban J connectivity index is 2.86. The summed E-state index contributed by atoms with van der Waals surface area (Å²) >= 11 is 0. The molecule has 0 aromatic heterocycles. The summed E-state index contributed by atoms with van der Waals surface area (Å²) in [6.07, 6.45) is -4.06. The van der Waals surface area contributed by atoms with Crippen LogP contribution in [0, 0.1) is 0 Å². The molecule has 0 aromatic rings. The highest BCUT2D eigenvalue weighted by Gasteiger charge is 2.46. The highest BCUT2D eigenvalue weighted by molar-refractivity contribution is 4.98. The van der Waals surface area contributed by atoms with Gasteiger partial charge in [0, 0.05) is 6.54 Å². The Kier molecular flexibility index (Phi) is 4.21. The van der Waals surface area contributed by atoms with E-state index in [4.69, 9.17) is 5.11 Å². The lowest BCUT2D eigenvalue weighted by Crippen LogP contribution is -2.67. The van der Waals surface area contributed by atoms with E-state index in [-0.39, 0.29) is 6.54 Å². The molecule has 1 heterocycles. The minimum Gasteiger partial charge on any atom is -0.395 e. The minimum absolute atomic E-state index is 0.202. The Morgan fingerprint density at radius 1 is 1.07 bits per heavy atom. The van der Waals surface area contributed by atoms with Crippen LogP contribution in [0.15, 0.2) is 12.7 Å². The van der Waals surface area contributed by atoms with E-state index in [1.807, 2.05) is 0 Å². The Labute approximate surface area is 87.7 Å². The molecule has 0 amide bonds. The van der Waals surface area contributed by atoms with Crippen molar-refractivity contribution in [2.24, 2.45) is 0 Å². The van der Waals surface area contributed by atoms with E-state index < -0.39 is 37.2 Å². The number of hydrogen-bond acceptors (Lipinski definition) is 6. The molecule has 0 spiro atoms. The van der Waals surface area contributed by atoms with E-state index >= 15 is 0 Å². The second-order valence-electron chi connectivity index (χ2n) is 3.62. The molecule has 0 aliphatic carbocycles. The molecular formula is C9H17NO5. The molecule has 88 valence electrons. The predicted octanol–water partition coefficient (Wildman–Crippen LogP) is -2.75. The van der Waals surface area contributed by atoms with Crippen LogP contribution in [0.3, 0.4) is 0 Å². The fourth-order valence-electron chi connectivity index (χ4n) is 1.80. The quantitative estimate of drug-likeness (QED) is 0.330. The Hall–Kier alpha value is -0.500. The van der Waals surface area contributed by atoms with Crippen LogP contribution in [0.5, 0.6) is 0 Å². The van der Waals surface area contributed by atoms with E-state index in [2.05, 4.69) is 6.58 Å². The first kappa shape index (κ1) is 12.6. The largest absolute Gasteiger partial charge is 0.395 e. The fourth-order valence-corrected chi connectivity index (χ4v) is 1.80. The summed E-state index contributed by atoms with van der Waals surface area (Å²) < 4.78 is 0. The topological polar surface area (TPSA) is 104 Å². The molecule has 1 fully saturated rings. The van der Waals surface area contributed by atoms with Gasteiger partial charge in [-0.05, 0) is 0 Å². The molecule has 6 nitrogen and oxygen atoms in total. The van der Waals surface area contributed by atoms with Gasteiger partial charge >= 0.3 is 0 Å². The number of nitrogens with zero attached hydrogens (tertiary/aromatic N) is 1. The summed E-state index contributed by atoms with van der Waals surface area (Å²) in [5.41, 5.74) is 0. The summed E-state index contributed by atoms with van der Waals surface area (Å²) in [6, 6.07) is -0.809. The molecule has 1 unspecified atom stereocenters. The van der Waals surface area contributed by atoms with Gasteiger partial charge in [0.15, 0.2) is 0 Å². The molecule has 1 rings (SSSR count). The standard InChI is InChI=1S/C9H17NO5/c1-2-3-10-5(4-11)6(12)7(13)8(14)9(10)15/h2,5-9,11-15H,1,3-4H2/t5-,6-,7+,8-,9?/m1/s1. The number of rotatable bonds is 3. The molecule has 6 heteroatoms. The molecule has 0 radical (unpaired) electrons. The van der Waals surface area contributed by atoms with Crippen LogP contribution in [0.1, 0.15) is 0 Å². The fraction of sp³-hybridized carbons (Fsp3) is 0.778. The lowest BCUT2D eigenvalue weighted by atomic mass is 9.93. The van der Waals surface area contributed by atoms with Crippen molar-refractivity contribution in [1.82, 2.24) is 4.90 Å². The van der Waals surface area contributed by atoms with Crippen LogP contribution in [0.2, 0.25) is 0 Å². The highest BCUT2D eigenvalue weighted by atomic mass is 16.4. The number of likely N-dealkylation sites (tertiary alicyclic amines) is 1. The molecular weight excluding hydrogens is 202 g/mol. The molecule has 1 saturated heterocycles. The summed E-state index contributed by atoms with van der Waals surface area (Å²) in [4.78, 5) is 1.29. The van der Waals surface area contributed by atoms with Gasteiger partial charge in [0.25, 0.3) is 0 Å². The monoisotopic (exact) mass is 219 g/mol. The molecule has 5 N–H and O–H groups in total. The molecule has 0 aromatic carbocycles. The van der Waals surface area contributed by atoms with Gasteiger partial charge in [0.2, 0.25) is 0 Å². The van der Waals surface area contributed by atoms with Crippen LogP contribution >= 0.6 is 0 Å². The van der Waals surface area contributed by atoms with Crippen molar-refractivity contribution in [3.05, 3.63) is 12.7 Å². The summed E-state index contributed by atoms with van der Waals surface area (Å²) in [7, 11) is 0. The van der Waals surface area contributed by atoms with Gasteiger partial charge in [0.05, 0.1) is 12.6 Å². The van der Waals surface area contributed by atoms with Gasteiger partial charge in [-0.15, -0.1) is 6.58 Å². The second kappa shape index (κ2) is 5.02. The van der Waals surface area contributed by atoms with Crippen molar-refractivity contribution in [2.45, 2.75) is 30.6 Å². The maximum atomic E-state index is 9.60. The van der Waals surface area contributed by atoms with Crippen LogP contribution in [-0.4, -0.2) is 74.2 Å². The number of aliphatic hydroxyl groups is 5. The normalized spacial score (nSPS) is 42.9. The first-order valence-corrected chi connectivity index (χ1v) is 4.74. The van der Waals surface area contributed by atoms with Crippen LogP contribution in [-0.2, 0) is 0 Å². The average Bonchev–Trinajstić information content (AvgIpc) is 2.24. The maximum Gasteiger partial charge on any atom is 0.136 e. The van der Waals surface area contributed by atoms with E-state index in [0.29, 0.717) is 0 Å². The molecule has 1 aliphatic heterocycles. The van der Waals surface area contributed by atoms with Gasteiger partial charge < -0.3 is 25.5 Å². The van der Waals surface area contributed by atoms with Crippen LogP contribution < -0.4 is 0 Å².